The van der Waals surface area contributed by atoms with Gasteiger partial charge in [-0.1, -0.05) is 48.5 Å². The van der Waals surface area contributed by atoms with Crippen molar-refractivity contribution in [2.75, 3.05) is 0 Å². The summed E-state index contributed by atoms with van der Waals surface area (Å²) < 4.78 is 52.7. The van der Waals surface area contributed by atoms with Crippen LogP contribution in [0.1, 0.15) is 0 Å². The van der Waals surface area contributed by atoms with Gasteiger partial charge >= 0.3 is 0 Å². The van der Waals surface area contributed by atoms with Gasteiger partial charge in [0.25, 0.3) is 0 Å². The lowest BCUT2D eigenvalue weighted by atomic mass is 10.1. The van der Waals surface area contributed by atoms with Gasteiger partial charge in [0.15, 0.2) is 0 Å². The van der Waals surface area contributed by atoms with Crippen LogP contribution >= 0.6 is 0 Å². The van der Waals surface area contributed by atoms with E-state index in [0.717, 1.165) is 0 Å². The Labute approximate surface area is 162 Å². The molecule has 4 rings (SSSR count). The van der Waals surface area contributed by atoms with Crippen molar-refractivity contribution in [3.63, 3.8) is 0 Å². The van der Waals surface area contributed by atoms with E-state index in [1.165, 1.54) is 30.7 Å². The van der Waals surface area contributed by atoms with Crippen molar-refractivity contribution >= 4 is 19.7 Å². The number of aromatic amines is 2. The van der Waals surface area contributed by atoms with Gasteiger partial charge in [0.05, 0.1) is 9.79 Å². The Morgan fingerprint density at radius 1 is 0.536 bits per heavy atom. The summed E-state index contributed by atoms with van der Waals surface area (Å²) in [4.78, 5) is 4.93. The minimum absolute atomic E-state index is 0.0165. The highest BCUT2D eigenvalue weighted by atomic mass is 32.2. The Kier molecular flexibility index (Phi) is 4.44. The van der Waals surface area contributed by atoms with Gasteiger partial charge in [-0.15, -0.1) is 0 Å². The molecule has 0 saturated carbocycles. The molecule has 6 nitrogen and oxygen atoms in total. The molecule has 0 unspecified atom stereocenters. The van der Waals surface area contributed by atoms with Gasteiger partial charge in [0, 0.05) is 30.4 Å². The van der Waals surface area contributed by atoms with Crippen molar-refractivity contribution < 1.29 is 16.8 Å². The number of aromatic nitrogens is 2. The zero-order valence-corrected chi connectivity index (χ0v) is 16.2. The molecular weight excluding hydrogens is 396 g/mol. The van der Waals surface area contributed by atoms with Crippen molar-refractivity contribution in [2.45, 2.75) is 19.6 Å². The molecule has 142 valence electrons. The van der Waals surface area contributed by atoms with Crippen molar-refractivity contribution in [1.29, 1.82) is 0 Å². The van der Waals surface area contributed by atoms with Crippen molar-refractivity contribution in [3.05, 3.63) is 85.5 Å². The zero-order chi connectivity index (χ0) is 19.8. The molecule has 0 radical (unpaired) electrons. The van der Waals surface area contributed by atoms with E-state index in [2.05, 4.69) is 9.97 Å². The molecule has 0 atom stereocenters. The summed E-state index contributed by atoms with van der Waals surface area (Å²) in [5, 5.41) is 0. The zero-order valence-electron chi connectivity index (χ0n) is 14.5. The van der Waals surface area contributed by atoms with E-state index in [1.807, 2.05) is 6.07 Å². The van der Waals surface area contributed by atoms with Crippen LogP contribution in [0.3, 0.4) is 0 Å². The Morgan fingerprint density at radius 3 is 1.68 bits per heavy atom. The lowest BCUT2D eigenvalue weighted by Gasteiger charge is -2.08. The van der Waals surface area contributed by atoms with Crippen LogP contribution in [-0.2, 0) is 19.7 Å². The lowest BCUT2D eigenvalue weighted by molar-refractivity contribution is 0.584. The molecule has 0 saturated heterocycles. The topological polar surface area (TPSA) is 99.9 Å². The fraction of sp³-hybridized carbons (Fsp3) is 0. The average Bonchev–Trinajstić information content (AvgIpc) is 3.40. The minimum Gasteiger partial charge on any atom is -0.366 e. The number of hydrogen-bond acceptors (Lipinski definition) is 4. The molecule has 28 heavy (non-hydrogen) atoms. The number of hydrogen-bond donors (Lipinski definition) is 2. The second kappa shape index (κ2) is 6.81. The first-order chi connectivity index (χ1) is 13.4. The van der Waals surface area contributed by atoms with E-state index in [1.54, 1.807) is 48.7 Å². The lowest BCUT2D eigenvalue weighted by Crippen LogP contribution is -2.09. The third kappa shape index (κ3) is 2.96. The second-order valence-electron chi connectivity index (χ2n) is 6.10. The summed E-state index contributed by atoms with van der Waals surface area (Å²) in [5.41, 5.74) is 1.19. The van der Waals surface area contributed by atoms with E-state index >= 15 is 0 Å². The van der Waals surface area contributed by atoms with E-state index in [9.17, 15) is 16.8 Å². The van der Waals surface area contributed by atoms with Crippen LogP contribution in [0.2, 0.25) is 0 Å². The van der Waals surface area contributed by atoms with E-state index in [0.29, 0.717) is 11.1 Å². The smallest absolute Gasteiger partial charge is 0.211 e. The van der Waals surface area contributed by atoms with Crippen LogP contribution in [0.4, 0.5) is 0 Å². The summed E-state index contributed by atoms with van der Waals surface area (Å²) in [5.74, 6) is 0. The van der Waals surface area contributed by atoms with E-state index in [-0.39, 0.29) is 19.6 Å². The number of benzene rings is 2. The summed E-state index contributed by atoms with van der Waals surface area (Å²) in [7, 11) is -8.09. The SMILES string of the molecule is O=S(=O)(c1ccccc1)c1c[nH]cc1S(=O)(=O)c1c[nH]cc1-c1ccccc1. The molecule has 0 aliphatic rings. The maximum Gasteiger partial charge on any atom is 0.211 e. The number of H-pyrrole nitrogens is 2. The van der Waals surface area contributed by atoms with Gasteiger partial charge in [-0.05, 0) is 17.7 Å². The fourth-order valence-electron chi connectivity index (χ4n) is 3.02. The first kappa shape index (κ1) is 18.3. The quantitative estimate of drug-likeness (QED) is 0.522. The van der Waals surface area contributed by atoms with Gasteiger partial charge in [-0.25, -0.2) is 16.8 Å². The van der Waals surface area contributed by atoms with Gasteiger partial charge in [-0.3, -0.25) is 0 Å². The van der Waals surface area contributed by atoms with Crippen LogP contribution in [0.5, 0.6) is 0 Å². The molecule has 0 amide bonds. The molecule has 0 bridgehead atoms. The van der Waals surface area contributed by atoms with Crippen molar-refractivity contribution in [3.8, 4) is 11.1 Å². The predicted molar refractivity (Wildman–Crippen MR) is 104 cm³/mol. The third-order valence-electron chi connectivity index (χ3n) is 4.39. The first-order valence-electron chi connectivity index (χ1n) is 8.36. The Balaban J connectivity index is 1.87. The highest BCUT2D eigenvalue weighted by molar-refractivity contribution is 7.94. The molecule has 2 N–H and O–H groups in total. The van der Waals surface area contributed by atoms with Crippen LogP contribution in [0, 0.1) is 0 Å². The predicted octanol–water partition coefficient (Wildman–Crippen LogP) is 3.68. The molecule has 0 spiro atoms. The van der Waals surface area contributed by atoms with Crippen LogP contribution in [-0.4, -0.2) is 26.8 Å². The van der Waals surface area contributed by atoms with Gasteiger partial charge in [0.1, 0.15) is 9.79 Å². The highest BCUT2D eigenvalue weighted by Gasteiger charge is 2.32. The molecule has 8 heteroatoms. The largest absolute Gasteiger partial charge is 0.366 e. The first-order valence-corrected chi connectivity index (χ1v) is 11.3. The van der Waals surface area contributed by atoms with Crippen molar-refractivity contribution in [2.24, 2.45) is 0 Å². The molecule has 2 heterocycles. The Bertz CT molecular complexity index is 1320. The maximum absolute atomic E-state index is 13.3. The van der Waals surface area contributed by atoms with Crippen LogP contribution in [0.25, 0.3) is 11.1 Å². The van der Waals surface area contributed by atoms with Crippen LogP contribution in [0.15, 0.2) is 105 Å². The van der Waals surface area contributed by atoms with Gasteiger partial charge in [0.2, 0.25) is 19.7 Å². The van der Waals surface area contributed by atoms with E-state index in [4.69, 9.17) is 0 Å². The summed E-state index contributed by atoms with van der Waals surface area (Å²) >= 11 is 0. The Hall–Kier alpha value is -3.10. The summed E-state index contributed by atoms with van der Waals surface area (Å²) in [6, 6.07) is 16.8. The molecule has 2 aromatic carbocycles. The standard InChI is InChI=1S/C20H16N2O4S2/c23-27(24,16-9-5-2-6-10-16)19-13-22-14-20(19)28(25,26)18-12-21-11-17(18)15-7-3-1-4-8-15/h1-14,21-22H. The normalized spacial score (nSPS) is 12.1. The Morgan fingerprint density at radius 2 is 1.04 bits per heavy atom. The average molecular weight is 412 g/mol. The second-order valence-corrected chi connectivity index (χ2v) is 9.91. The van der Waals surface area contributed by atoms with Crippen molar-refractivity contribution in [1.82, 2.24) is 9.97 Å². The summed E-state index contributed by atoms with van der Waals surface area (Å²) in [6.07, 6.45) is 5.35. The molecule has 4 aromatic rings. The fourth-order valence-corrected chi connectivity index (χ4v) is 6.46. The molecule has 0 fully saturated rings. The molecule has 2 aromatic heterocycles. The number of sulfone groups is 2. The highest BCUT2D eigenvalue weighted by Crippen LogP contribution is 2.35. The van der Waals surface area contributed by atoms with Gasteiger partial charge < -0.3 is 9.97 Å². The minimum atomic E-state index is -4.09. The molecular formula is C20H16N2O4S2. The summed E-state index contributed by atoms with van der Waals surface area (Å²) in [6.45, 7) is 0. The third-order valence-corrected chi connectivity index (χ3v) is 8.16. The van der Waals surface area contributed by atoms with E-state index < -0.39 is 19.7 Å². The number of nitrogens with one attached hydrogen (secondary N) is 2. The van der Waals surface area contributed by atoms with Gasteiger partial charge in [-0.2, -0.15) is 0 Å². The molecule has 0 aliphatic heterocycles. The maximum atomic E-state index is 13.3. The monoisotopic (exact) mass is 412 g/mol. The number of rotatable bonds is 5. The van der Waals surface area contributed by atoms with Crippen LogP contribution < -0.4 is 0 Å². The molecule has 0 aliphatic carbocycles.